The third kappa shape index (κ3) is 2.34. The Labute approximate surface area is 116 Å². The molecule has 0 saturated carbocycles. The Morgan fingerprint density at radius 3 is 3.06 bits per heavy atom. The molecule has 2 heterocycles. The molecule has 3 heteroatoms. The molecule has 0 aliphatic carbocycles. The maximum absolute atomic E-state index is 3.64. The number of piperidine rings is 1. The Balaban J connectivity index is 1.93. The van der Waals surface area contributed by atoms with Crippen molar-refractivity contribution in [2.45, 2.75) is 31.7 Å². The number of aryl methyl sites for hydroxylation is 1. The summed E-state index contributed by atoms with van der Waals surface area (Å²) >= 11 is 3.58. The van der Waals surface area contributed by atoms with Crippen LogP contribution in [0.15, 0.2) is 28.9 Å². The van der Waals surface area contributed by atoms with Crippen molar-refractivity contribution in [2.75, 3.05) is 6.54 Å². The van der Waals surface area contributed by atoms with Crippen molar-refractivity contribution in [1.82, 2.24) is 9.88 Å². The predicted molar refractivity (Wildman–Crippen MR) is 80.0 cm³/mol. The van der Waals surface area contributed by atoms with Gasteiger partial charge in [-0.25, -0.2) is 0 Å². The van der Waals surface area contributed by atoms with Gasteiger partial charge in [0.1, 0.15) is 0 Å². The second-order valence-electron chi connectivity index (χ2n) is 5.28. The van der Waals surface area contributed by atoms with E-state index in [1.165, 1.54) is 46.7 Å². The SMILES string of the molecule is Cn1cc(CC2CCCCN2)c2cc(Br)ccc21. The van der Waals surface area contributed by atoms with Gasteiger partial charge < -0.3 is 9.88 Å². The summed E-state index contributed by atoms with van der Waals surface area (Å²) in [7, 11) is 2.13. The first kappa shape index (κ1) is 12.2. The Hall–Kier alpha value is -0.800. The van der Waals surface area contributed by atoms with Gasteiger partial charge >= 0.3 is 0 Å². The molecule has 1 aliphatic heterocycles. The maximum Gasteiger partial charge on any atom is 0.0481 e. The van der Waals surface area contributed by atoms with Gasteiger partial charge in [-0.3, -0.25) is 0 Å². The van der Waals surface area contributed by atoms with Crippen LogP contribution >= 0.6 is 15.9 Å². The Morgan fingerprint density at radius 2 is 2.28 bits per heavy atom. The summed E-state index contributed by atoms with van der Waals surface area (Å²) in [5.41, 5.74) is 2.79. The number of nitrogens with one attached hydrogen (secondary N) is 1. The zero-order valence-electron chi connectivity index (χ0n) is 10.7. The summed E-state index contributed by atoms with van der Waals surface area (Å²) in [6.07, 6.45) is 7.44. The molecule has 1 aromatic carbocycles. The molecule has 0 radical (unpaired) electrons. The first-order chi connectivity index (χ1) is 8.74. The van der Waals surface area contributed by atoms with Crippen molar-refractivity contribution in [3.8, 4) is 0 Å². The highest BCUT2D eigenvalue weighted by Crippen LogP contribution is 2.26. The average molecular weight is 307 g/mol. The van der Waals surface area contributed by atoms with Crippen LogP contribution in [-0.2, 0) is 13.5 Å². The summed E-state index contributed by atoms with van der Waals surface area (Å²) in [5.74, 6) is 0. The van der Waals surface area contributed by atoms with Crippen molar-refractivity contribution in [3.05, 3.63) is 34.4 Å². The molecule has 2 aromatic rings. The summed E-state index contributed by atoms with van der Waals surface area (Å²) in [6.45, 7) is 1.18. The van der Waals surface area contributed by atoms with Crippen LogP contribution in [0.25, 0.3) is 10.9 Å². The van der Waals surface area contributed by atoms with Gasteiger partial charge in [-0.1, -0.05) is 22.4 Å². The van der Waals surface area contributed by atoms with Crippen molar-refractivity contribution in [1.29, 1.82) is 0 Å². The molecule has 1 atom stereocenters. The molecule has 2 nitrogen and oxygen atoms in total. The van der Waals surface area contributed by atoms with E-state index < -0.39 is 0 Å². The van der Waals surface area contributed by atoms with Gasteiger partial charge in [0.2, 0.25) is 0 Å². The molecular formula is C15H19BrN2. The molecule has 0 amide bonds. The zero-order valence-corrected chi connectivity index (χ0v) is 12.3. The molecule has 1 aromatic heterocycles. The number of fused-ring (bicyclic) bond motifs is 1. The van der Waals surface area contributed by atoms with Crippen LogP contribution in [0, 0.1) is 0 Å². The number of halogens is 1. The summed E-state index contributed by atoms with van der Waals surface area (Å²) in [5, 5.41) is 5.02. The third-order valence-corrected chi connectivity index (χ3v) is 4.41. The average Bonchev–Trinajstić information content (AvgIpc) is 2.67. The highest BCUT2D eigenvalue weighted by atomic mass is 79.9. The van der Waals surface area contributed by atoms with E-state index in [4.69, 9.17) is 0 Å². The smallest absolute Gasteiger partial charge is 0.0481 e. The van der Waals surface area contributed by atoms with Crippen molar-refractivity contribution in [2.24, 2.45) is 7.05 Å². The minimum absolute atomic E-state index is 0.656. The molecule has 3 rings (SSSR count). The molecule has 1 unspecified atom stereocenters. The van der Waals surface area contributed by atoms with Gasteiger partial charge in [0.25, 0.3) is 0 Å². The van der Waals surface area contributed by atoms with Crippen LogP contribution in [0.5, 0.6) is 0 Å². The quantitative estimate of drug-likeness (QED) is 0.896. The molecule has 18 heavy (non-hydrogen) atoms. The lowest BCUT2D eigenvalue weighted by molar-refractivity contribution is 0.400. The van der Waals surface area contributed by atoms with Gasteiger partial charge in [0.15, 0.2) is 0 Å². The minimum Gasteiger partial charge on any atom is -0.350 e. The number of hydrogen-bond donors (Lipinski definition) is 1. The lowest BCUT2D eigenvalue weighted by Gasteiger charge is -2.23. The molecule has 1 fully saturated rings. The standard InChI is InChI=1S/C15H19BrN2/c1-18-10-11(8-13-4-2-3-7-17-13)14-9-12(16)5-6-15(14)18/h5-6,9-10,13,17H,2-4,7-8H2,1H3. The molecule has 96 valence electrons. The highest BCUT2D eigenvalue weighted by molar-refractivity contribution is 9.10. The molecule has 1 aliphatic rings. The molecular weight excluding hydrogens is 288 g/mol. The van der Waals surface area contributed by atoms with E-state index in [1.807, 2.05) is 0 Å². The van der Waals surface area contributed by atoms with Gasteiger partial charge in [-0.2, -0.15) is 0 Å². The van der Waals surface area contributed by atoms with Crippen LogP contribution in [0.4, 0.5) is 0 Å². The fourth-order valence-electron chi connectivity index (χ4n) is 2.97. The highest BCUT2D eigenvalue weighted by Gasteiger charge is 2.16. The van der Waals surface area contributed by atoms with Crippen molar-refractivity contribution >= 4 is 26.8 Å². The van der Waals surface area contributed by atoms with Gasteiger partial charge in [0.05, 0.1) is 0 Å². The maximum atomic E-state index is 3.64. The topological polar surface area (TPSA) is 17.0 Å². The lowest BCUT2D eigenvalue weighted by Crippen LogP contribution is -2.35. The van der Waals surface area contributed by atoms with Gasteiger partial charge in [0, 0.05) is 34.7 Å². The number of aromatic nitrogens is 1. The molecule has 0 spiro atoms. The van der Waals surface area contributed by atoms with E-state index in [1.54, 1.807) is 0 Å². The second-order valence-corrected chi connectivity index (χ2v) is 6.19. The zero-order chi connectivity index (χ0) is 12.5. The van der Waals surface area contributed by atoms with E-state index in [-0.39, 0.29) is 0 Å². The minimum atomic E-state index is 0.656. The summed E-state index contributed by atoms with van der Waals surface area (Å²) < 4.78 is 3.40. The van der Waals surface area contributed by atoms with E-state index in [9.17, 15) is 0 Å². The summed E-state index contributed by atoms with van der Waals surface area (Å²) in [4.78, 5) is 0. The van der Waals surface area contributed by atoms with Crippen LogP contribution in [0.2, 0.25) is 0 Å². The van der Waals surface area contributed by atoms with Crippen LogP contribution in [0.1, 0.15) is 24.8 Å². The van der Waals surface area contributed by atoms with E-state index >= 15 is 0 Å². The van der Waals surface area contributed by atoms with Crippen LogP contribution in [0.3, 0.4) is 0 Å². The first-order valence-corrected chi connectivity index (χ1v) is 7.50. The second kappa shape index (κ2) is 5.06. The predicted octanol–water partition coefficient (Wildman–Crippen LogP) is 3.63. The van der Waals surface area contributed by atoms with E-state index in [2.05, 4.69) is 57.3 Å². The number of nitrogens with zero attached hydrogens (tertiary/aromatic N) is 1. The third-order valence-electron chi connectivity index (χ3n) is 3.91. The number of hydrogen-bond acceptors (Lipinski definition) is 1. The van der Waals surface area contributed by atoms with Crippen molar-refractivity contribution in [3.63, 3.8) is 0 Å². The fourth-order valence-corrected chi connectivity index (χ4v) is 3.33. The molecule has 1 saturated heterocycles. The Kier molecular flexibility index (Phi) is 3.44. The number of rotatable bonds is 2. The Morgan fingerprint density at radius 1 is 1.39 bits per heavy atom. The lowest BCUT2D eigenvalue weighted by atomic mass is 9.97. The monoisotopic (exact) mass is 306 g/mol. The van der Waals surface area contributed by atoms with Crippen molar-refractivity contribution < 1.29 is 0 Å². The normalized spacial score (nSPS) is 20.4. The summed E-state index contributed by atoms with van der Waals surface area (Å²) in [6, 6.07) is 7.21. The number of benzene rings is 1. The van der Waals surface area contributed by atoms with E-state index in [0.717, 1.165) is 6.42 Å². The van der Waals surface area contributed by atoms with Gasteiger partial charge in [-0.05, 0) is 49.6 Å². The fraction of sp³-hybridized carbons (Fsp3) is 0.467. The first-order valence-electron chi connectivity index (χ1n) is 6.71. The van der Waals surface area contributed by atoms with E-state index in [0.29, 0.717) is 6.04 Å². The Bertz CT molecular complexity index is 553. The van der Waals surface area contributed by atoms with Gasteiger partial charge in [-0.15, -0.1) is 0 Å². The van der Waals surface area contributed by atoms with Crippen LogP contribution in [-0.4, -0.2) is 17.2 Å². The largest absolute Gasteiger partial charge is 0.350 e. The van der Waals surface area contributed by atoms with Crippen LogP contribution < -0.4 is 5.32 Å². The molecule has 0 bridgehead atoms. The molecule has 1 N–H and O–H groups in total.